The van der Waals surface area contributed by atoms with Gasteiger partial charge in [0.1, 0.15) is 0 Å². The van der Waals surface area contributed by atoms with E-state index in [1.54, 1.807) is 0 Å². The molecule has 2 heterocycles. The number of tetrazole rings is 1. The normalized spacial score (nSPS) is 23.1. The number of aromatic nitrogens is 4. The van der Waals surface area contributed by atoms with Crippen LogP contribution >= 0.6 is 0 Å². The number of H-pyrrole nitrogens is 1. The number of hydrogen-bond donors (Lipinski definition) is 2. The van der Waals surface area contributed by atoms with Crippen LogP contribution in [0, 0.1) is 0 Å². The molecule has 1 fully saturated rings. The Hall–Kier alpha value is 0.0300. The Kier molecular flexibility index (Phi) is 3.45. The van der Waals surface area contributed by atoms with Crippen LogP contribution in [0.2, 0.25) is 0 Å². The molecule has 0 spiro atoms. The fourth-order valence-electron chi connectivity index (χ4n) is 1.23. The SMILES string of the molecule is C1CN[C@@H](c2nnn[nH]2)C1.[NaH]. The van der Waals surface area contributed by atoms with Gasteiger partial charge >= 0.3 is 29.6 Å². The van der Waals surface area contributed by atoms with E-state index < -0.39 is 0 Å². The van der Waals surface area contributed by atoms with Crippen LogP contribution in [0.3, 0.4) is 0 Å². The summed E-state index contributed by atoms with van der Waals surface area (Å²) < 4.78 is 0. The predicted octanol–water partition coefficient (Wildman–Crippen LogP) is -1.02. The first-order valence-corrected chi connectivity index (χ1v) is 3.44. The molecule has 11 heavy (non-hydrogen) atoms. The van der Waals surface area contributed by atoms with Gasteiger partial charge in [-0.3, -0.25) is 0 Å². The van der Waals surface area contributed by atoms with E-state index in [9.17, 15) is 0 Å². The summed E-state index contributed by atoms with van der Waals surface area (Å²) in [6, 6.07) is 0.356. The van der Waals surface area contributed by atoms with Gasteiger partial charge in [-0.25, -0.2) is 5.10 Å². The van der Waals surface area contributed by atoms with E-state index in [1.165, 1.54) is 6.42 Å². The van der Waals surface area contributed by atoms with Gasteiger partial charge in [0, 0.05) is 0 Å². The number of nitrogens with zero attached hydrogens (tertiary/aromatic N) is 3. The van der Waals surface area contributed by atoms with Gasteiger partial charge in [0.15, 0.2) is 5.82 Å². The zero-order valence-electron chi connectivity index (χ0n) is 5.54. The first kappa shape index (κ1) is 9.12. The van der Waals surface area contributed by atoms with Crippen LogP contribution in [0.1, 0.15) is 24.7 Å². The zero-order chi connectivity index (χ0) is 6.81. The Bertz CT molecular complexity index is 193. The van der Waals surface area contributed by atoms with Gasteiger partial charge in [0.05, 0.1) is 6.04 Å². The van der Waals surface area contributed by atoms with Gasteiger partial charge in [-0.1, -0.05) is 0 Å². The standard InChI is InChI=1S/C5H9N5.Na.H/c1-2-4(6-3-1)5-7-9-10-8-5;;/h4,6H,1-3H2,(H,7,8,9,10);;/t4-;;/m1../s1. The van der Waals surface area contributed by atoms with E-state index in [-0.39, 0.29) is 29.6 Å². The summed E-state index contributed by atoms with van der Waals surface area (Å²) in [6.45, 7) is 1.07. The Labute approximate surface area is 86.6 Å². The molecule has 1 saturated heterocycles. The molecular formula is C5H10N5Na. The summed E-state index contributed by atoms with van der Waals surface area (Å²) in [7, 11) is 0. The van der Waals surface area contributed by atoms with Crippen LogP contribution in [-0.4, -0.2) is 56.7 Å². The minimum atomic E-state index is 0. The van der Waals surface area contributed by atoms with Crippen molar-refractivity contribution in [2.45, 2.75) is 18.9 Å². The van der Waals surface area contributed by atoms with Crippen molar-refractivity contribution in [2.24, 2.45) is 0 Å². The maximum atomic E-state index is 3.82. The molecule has 1 aliphatic heterocycles. The molecule has 1 aromatic heterocycles. The second kappa shape index (κ2) is 4.15. The molecular weight excluding hydrogens is 153 g/mol. The van der Waals surface area contributed by atoms with Crippen molar-refractivity contribution in [3.05, 3.63) is 5.82 Å². The minimum absolute atomic E-state index is 0. The summed E-state index contributed by atoms with van der Waals surface area (Å²) in [5, 5.41) is 16.9. The van der Waals surface area contributed by atoms with Gasteiger partial charge in [-0.2, -0.15) is 0 Å². The molecule has 0 radical (unpaired) electrons. The molecule has 6 heteroatoms. The molecule has 1 aromatic rings. The van der Waals surface area contributed by atoms with Crippen molar-refractivity contribution < 1.29 is 0 Å². The van der Waals surface area contributed by atoms with Crippen LogP contribution in [-0.2, 0) is 0 Å². The van der Waals surface area contributed by atoms with Gasteiger partial charge in [0.25, 0.3) is 0 Å². The monoisotopic (exact) mass is 163 g/mol. The van der Waals surface area contributed by atoms with Gasteiger partial charge < -0.3 is 5.32 Å². The number of aromatic amines is 1. The molecule has 1 atom stereocenters. The third kappa shape index (κ3) is 1.99. The Morgan fingerprint density at radius 1 is 1.45 bits per heavy atom. The van der Waals surface area contributed by atoms with Crippen molar-refractivity contribution >= 4 is 29.6 Å². The van der Waals surface area contributed by atoms with Crippen LogP contribution in [0.15, 0.2) is 0 Å². The number of rotatable bonds is 1. The average molecular weight is 163 g/mol. The van der Waals surface area contributed by atoms with Gasteiger partial charge in [-0.05, 0) is 29.8 Å². The van der Waals surface area contributed by atoms with Crippen LogP contribution in [0.4, 0.5) is 0 Å². The van der Waals surface area contributed by atoms with Crippen LogP contribution < -0.4 is 5.32 Å². The van der Waals surface area contributed by atoms with Crippen molar-refractivity contribution in [2.75, 3.05) is 6.54 Å². The molecule has 0 unspecified atom stereocenters. The van der Waals surface area contributed by atoms with E-state index in [1.807, 2.05) is 0 Å². The first-order chi connectivity index (χ1) is 4.97. The zero-order valence-corrected chi connectivity index (χ0v) is 5.54. The summed E-state index contributed by atoms with van der Waals surface area (Å²) in [5.74, 6) is 0.859. The summed E-state index contributed by atoms with van der Waals surface area (Å²) in [5.41, 5.74) is 0. The van der Waals surface area contributed by atoms with Crippen molar-refractivity contribution in [3.63, 3.8) is 0 Å². The topological polar surface area (TPSA) is 66.5 Å². The molecule has 2 N–H and O–H groups in total. The molecule has 56 valence electrons. The van der Waals surface area contributed by atoms with Crippen LogP contribution in [0.25, 0.3) is 0 Å². The van der Waals surface area contributed by atoms with Crippen LogP contribution in [0.5, 0.6) is 0 Å². The van der Waals surface area contributed by atoms with Gasteiger partial charge in [0.2, 0.25) is 0 Å². The molecule has 0 aromatic carbocycles. The van der Waals surface area contributed by atoms with E-state index in [2.05, 4.69) is 25.9 Å². The number of nitrogens with one attached hydrogen (secondary N) is 2. The summed E-state index contributed by atoms with van der Waals surface area (Å²) in [4.78, 5) is 0. The quantitative estimate of drug-likeness (QED) is 0.520. The summed E-state index contributed by atoms with van der Waals surface area (Å²) >= 11 is 0. The third-order valence-electron chi connectivity index (χ3n) is 1.75. The van der Waals surface area contributed by atoms with Gasteiger partial charge in [-0.15, -0.1) is 5.10 Å². The second-order valence-corrected chi connectivity index (χ2v) is 2.44. The molecule has 2 rings (SSSR count). The molecule has 0 amide bonds. The second-order valence-electron chi connectivity index (χ2n) is 2.44. The van der Waals surface area contributed by atoms with E-state index in [0.717, 1.165) is 18.8 Å². The van der Waals surface area contributed by atoms with E-state index >= 15 is 0 Å². The fraction of sp³-hybridized carbons (Fsp3) is 0.800. The number of hydrogen-bond acceptors (Lipinski definition) is 4. The molecule has 0 aliphatic carbocycles. The Balaban J connectivity index is 0.000000605. The van der Waals surface area contributed by atoms with E-state index in [0.29, 0.717) is 6.04 Å². The van der Waals surface area contributed by atoms with Crippen molar-refractivity contribution in [3.8, 4) is 0 Å². The third-order valence-corrected chi connectivity index (χ3v) is 1.75. The Morgan fingerprint density at radius 3 is 2.91 bits per heavy atom. The maximum absolute atomic E-state index is 3.82. The van der Waals surface area contributed by atoms with Crippen molar-refractivity contribution in [1.29, 1.82) is 0 Å². The molecule has 0 saturated carbocycles. The predicted molar refractivity (Wildman–Crippen MR) is 41.3 cm³/mol. The first-order valence-electron chi connectivity index (χ1n) is 3.44. The molecule has 1 aliphatic rings. The average Bonchev–Trinajstić information content (AvgIpc) is 2.59. The Morgan fingerprint density at radius 2 is 2.36 bits per heavy atom. The van der Waals surface area contributed by atoms with E-state index in [4.69, 9.17) is 0 Å². The molecule has 5 nitrogen and oxygen atoms in total. The fourth-order valence-corrected chi connectivity index (χ4v) is 1.23. The van der Waals surface area contributed by atoms with Crippen molar-refractivity contribution in [1.82, 2.24) is 25.9 Å². The molecule has 0 bridgehead atoms. The summed E-state index contributed by atoms with van der Waals surface area (Å²) in [6.07, 6.45) is 2.35.